The Balaban J connectivity index is 1.04. The predicted molar refractivity (Wildman–Crippen MR) is 248 cm³/mol. The van der Waals surface area contributed by atoms with Crippen molar-refractivity contribution in [3.05, 3.63) is 200 Å². The molecule has 11 rings (SSSR count). The van der Waals surface area contributed by atoms with Crippen LogP contribution in [0.2, 0.25) is 0 Å². The zero-order chi connectivity index (χ0) is 40.0. The fraction of sp³-hybridized carbons (Fsp3) is 0.0370. The molecule has 0 aliphatic rings. The van der Waals surface area contributed by atoms with Crippen molar-refractivity contribution >= 4 is 50.3 Å². The minimum absolute atomic E-state index is 0.630. The molecule has 284 valence electrons. The van der Waals surface area contributed by atoms with Gasteiger partial charge in [0.1, 0.15) is 0 Å². The van der Waals surface area contributed by atoms with Crippen LogP contribution < -0.4 is 0 Å². The maximum Gasteiger partial charge on any atom is 0.234 e. The number of rotatable bonds is 8. The number of benzene rings is 8. The molecule has 0 spiro atoms. The van der Waals surface area contributed by atoms with Gasteiger partial charge in [0.25, 0.3) is 0 Å². The molecule has 0 amide bonds. The Hall–Kier alpha value is -7.96. The average Bonchev–Trinajstić information content (AvgIpc) is 3.92. The fourth-order valence-electron chi connectivity index (χ4n) is 8.65. The molecule has 60 heavy (non-hydrogen) atoms. The van der Waals surface area contributed by atoms with Gasteiger partial charge >= 0.3 is 0 Å². The Morgan fingerprint density at radius 2 is 0.917 bits per heavy atom. The summed E-state index contributed by atoms with van der Waals surface area (Å²) < 4.78 is 4.37. The van der Waals surface area contributed by atoms with Crippen LogP contribution in [-0.2, 0) is 6.54 Å². The molecule has 0 aliphatic heterocycles. The van der Waals surface area contributed by atoms with Crippen molar-refractivity contribution < 1.29 is 0 Å². The number of nitrogens with zero attached hydrogens (tertiary/aromatic N) is 6. The molecule has 11 aromatic rings. The van der Waals surface area contributed by atoms with Gasteiger partial charge in [-0.3, -0.25) is 4.40 Å². The Morgan fingerprint density at radius 1 is 0.450 bits per heavy atom. The summed E-state index contributed by atoms with van der Waals surface area (Å²) in [4.78, 5) is 19.2. The van der Waals surface area contributed by atoms with Crippen LogP contribution in [-0.4, -0.2) is 30.1 Å². The van der Waals surface area contributed by atoms with Gasteiger partial charge in [0, 0.05) is 35.3 Å². The summed E-state index contributed by atoms with van der Waals surface area (Å²) in [6, 6.07) is 60.6. The van der Waals surface area contributed by atoms with Gasteiger partial charge in [0.2, 0.25) is 11.7 Å². The molecule has 0 unspecified atom stereocenters. The number of aliphatic imine (C=N–C) groups is 1. The highest BCUT2D eigenvalue weighted by molar-refractivity contribution is 6.23. The highest BCUT2D eigenvalue weighted by Gasteiger charge is 2.20. The lowest BCUT2D eigenvalue weighted by atomic mass is 9.90. The zero-order valence-corrected chi connectivity index (χ0v) is 32.9. The number of hydrogen-bond donors (Lipinski definition) is 0. The molecule has 6 nitrogen and oxygen atoms in total. The van der Waals surface area contributed by atoms with E-state index in [1.54, 1.807) is 0 Å². The normalized spacial score (nSPS) is 11.8. The quantitative estimate of drug-likeness (QED) is 0.114. The summed E-state index contributed by atoms with van der Waals surface area (Å²) in [5, 5.41) is 6.99. The van der Waals surface area contributed by atoms with E-state index >= 15 is 0 Å². The van der Waals surface area contributed by atoms with Crippen molar-refractivity contribution in [2.75, 3.05) is 0 Å². The molecule has 0 bridgehead atoms. The van der Waals surface area contributed by atoms with Crippen molar-refractivity contribution in [3.63, 3.8) is 0 Å². The van der Waals surface area contributed by atoms with Gasteiger partial charge in [-0.2, -0.15) is 0 Å². The van der Waals surface area contributed by atoms with E-state index in [0.717, 1.165) is 44.4 Å². The molecule has 6 heteroatoms. The van der Waals surface area contributed by atoms with Gasteiger partial charge in [-0.15, -0.1) is 0 Å². The molecule has 0 atom stereocenters. The SMILES string of the molecule is CC=Nc1ncc(-c2cc3c4ccccc4c(-c4cnc5ncc(-c6ccc(-c7ccccc7)cc6)cn45)cc3c3ccccc23)n1Cc1ccc(-c2ccccc2)cc1. The maximum atomic E-state index is 4.87. The van der Waals surface area contributed by atoms with Gasteiger partial charge in [-0.25, -0.2) is 19.9 Å². The van der Waals surface area contributed by atoms with Gasteiger partial charge in [-0.1, -0.05) is 158 Å². The standard InChI is InChI=1S/C54H38N6/c1-2-55-53-57-32-51(59(53)34-36-21-23-39(24-22-36)37-13-5-3-6-14-37)49-29-47-44-18-10-12-20-46(44)50(30-48(47)43-17-9-11-19-45(43)49)52-33-58-54-56-31-42(35-60(52)54)41-27-25-40(26-28-41)38-15-7-4-8-16-38/h2-33,35H,34H2,1H3. The second-order valence-corrected chi connectivity index (χ2v) is 15.1. The first kappa shape index (κ1) is 35.2. The molecule has 0 N–H and O–H groups in total. The first-order valence-corrected chi connectivity index (χ1v) is 20.3. The highest BCUT2D eigenvalue weighted by Crippen LogP contribution is 2.43. The molecular formula is C54H38N6. The van der Waals surface area contributed by atoms with Crippen LogP contribution in [0.4, 0.5) is 5.95 Å². The van der Waals surface area contributed by atoms with Crippen LogP contribution >= 0.6 is 0 Å². The first-order valence-electron chi connectivity index (χ1n) is 20.3. The molecule has 0 fully saturated rings. The second kappa shape index (κ2) is 14.8. The summed E-state index contributed by atoms with van der Waals surface area (Å²) in [7, 11) is 0. The molecule has 8 aromatic carbocycles. The monoisotopic (exact) mass is 770 g/mol. The van der Waals surface area contributed by atoms with Crippen LogP contribution in [0, 0.1) is 0 Å². The smallest absolute Gasteiger partial charge is 0.234 e. The lowest BCUT2D eigenvalue weighted by molar-refractivity contribution is 0.808. The topological polar surface area (TPSA) is 60.4 Å². The van der Waals surface area contributed by atoms with E-state index in [2.05, 4.69) is 173 Å². The lowest BCUT2D eigenvalue weighted by Gasteiger charge is -2.17. The average molecular weight is 771 g/mol. The van der Waals surface area contributed by atoms with Gasteiger partial charge < -0.3 is 4.57 Å². The molecule has 0 radical (unpaired) electrons. The number of fused-ring (bicyclic) bond motifs is 6. The van der Waals surface area contributed by atoms with Crippen molar-refractivity contribution in [2.24, 2.45) is 4.99 Å². The lowest BCUT2D eigenvalue weighted by Crippen LogP contribution is -2.02. The Morgan fingerprint density at radius 3 is 1.50 bits per heavy atom. The summed E-state index contributed by atoms with van der Waals surface area (Å²) >= 11 is 0. The van der Waals surface area contributed by atoms with Crippen molar-refractivity contribution in [1.82, 2.24) is 23.9 Å². The maximum absolute atomic E-state index is 4.87. The fourth-order valence-corrected chi connectivity index (χ4v) is 8.65. The van der Waals surface area contributed by atoms with E-state index in [4.69, 9.17) is 19.9 Å². The molecular weight excluding hydrogens is 733 g/mol. The first-order chi connectivity index (χ1) is 29.7. The van der Waals surface area contributed by atoms with E-state index in [-0.39, 0.29) is 0 Å². The Kier molecular flexibility index (Phi) is 8.67. The predicted octanol–water partition coefficient (Wildman–Crippen LogP) is 13.5. The largest absolute Gasteiger partial charge is 0.304 e. The summed E-state index contributed by atoms with van der Waals surface area (Å²) in [6.45, 7) is 2.57. The Bertz CT molecular complexity index is 3380. The second-order valence-electron chi connectivity index (χ2n) is 15.1. The summed E-state index contributed by atoms with van der Waals surface area (Å²) in [5.41, 5.74) is 12.3. The van der Waals surface area contributed by atoms with Crippen LogP contribution in [0.1, 0.15) is 12.5 Å². The minimum atomic E-state index is 0.630. The van der Waals surface area contributed by atoms with Crippen LogP contribution in [0.3, 0.4) is 0 Å². The van der Waals surface area contributed by atoms with E-state index in [9.17, 15) is 0 Å². The van der Waals surface area contributed by atoms with Gasteiger partial charge in [-0.05, 0) is 84.8 Å². The minimum Gasteiger partial charge on any atom is -0.304 e. The molecule has 3 heterocycles. The van der Waals surface area contributed by atoms with E-state index < -0.39 is 0 Å². The van der Waals surface area contributed by atoms with Crippen molar-refractivity contribution in [1.29, 1.82) is 0 Å². The van der Waals surface area contributed by atoms with Crippen LogP contribution in [0.15, 0.2) is 200 Å². The third kappa shape index (κ3) is 6.14. The number of imidazole rings is 2. The molecule has 0 aliphatic carbocycles. The Labute approximate surface area is 347 Å². The number of aromatic nitrogens is 5. The van der Waals surface area contributed by atoms with E-state index in [1.807, 2.05) is 43.9 Å². The third-order valence-electron chi connectivity index (χ3n) is 11.6. The highest BCUT2D eigenvalue weighted by atomic mass is 15.2. The van der Waals surface area contributed by atoms with Crippen molar-refractivity contribution in [2.45, 2.75) is 13.5 Å². The van der Waals surface area contributed by atoms with Crippen LogP contribution in [0.25, 0.3) is 94.0 Å². The summed E-state index contributed by atoms with van der Waals surface area (Å²) in [5.74, 6) is 1.34. The van der Waals surface area contributed by atoms with Gasteiger partial charge in [0.15, 0.2) is 0 Å². The third-order valence-corrected chi connectivity index (χ3v) is 11.6. The van der Waals surface area contributed by atoms with Crippen molar-refractivity contribution in [3.8, 4) is 55.9 Å². The summed E-state index contributed by atoms with van der Waals surface area (Å²) in [6.07, 6.45) is 9.82. The van der Waals surface area contributed by atoms with E-state index in [1.165, 1.54) is 49.4 Å². The van der Waals surface area contributed by atoms with Gasteiger partial charge in [0.05, 0.1) is 30.3 Å². The van der Waals surface area contributed by atoms with Crippen LogP contribution in [0.5, 0.6) is 0 Å². The molecule has 0 saturated carbocycles. The number of hydrogen-bond acceptors (Lipinski definition) is 4. The molecule has 0 saturated heterocycles. The molecule has 3 aromatic heterocycles. The van der Waals surface area contributed by atoms with E-state index in [0.29, 0.717) is 18.3 Å². The zero-order valence-electron chi connectivity index (χ0n) is 32.9.